The van der Waals surface area contributed by atoms with Crippen LogP contribution in [0.1, 0.15) is 42.6 Å². The van der Waals surface area contributed by atoms with Crippen molar-refractivity contribution in [3.63, 3.8) is 0 Å². The number of rotatable bonds is 3. The lowest BCUT2D eigenvalue weighted by molar-refractivity contribution is -0.385. The van der Waals surface area contributed by atoms with Crippen LogP contribution in [0.4, 0.5) is 18.9 Å². The van der Waals surface area contributed by atoms with Gasteiger partial charge in [-0.15, -0.1) is 0 Å². The van der Waals surface area contributed by atoms with Crippen molar-refractivity contribution in [2.45, 2.75) is 44.5 Å². The van der Waals surface area contributed by atoms with Gasteiger partial charge in [0, 0.05) is 24.2 Å². The minimum Gasteiger partial charge on any atom is -0.388 e. The van der Waals surface area contributed by atoms with E-state index >= 15 is 0 Å². The molecule has 9 heteroatoms. The van der Waals surface area contributed by atoms with Gasteiger partial charge in [-0.05, 0) is 32.8 Å². The highest BCUT2D eigenvalue weighted by Gasteiger charge is 2.40. The van der Waals surface area contributed by atoms with Crippen LogP contribution < -0.4 is 0 Å². The van der Waals surface area contributed by atoms with E-state index in [1.807, 2.05) is 0 Å². The van der Waals surface area contributed by atoms with E-state index in [0.717, 1.165) is 6.07 Å². The first-order valence-electron chi connectivity index (χ1n) is 7.31. The molecule has 1 aromatic rings. The van der Waals surface area contributed by atoms with Gasteiger partial charge in [-0.25, -0.2) is 0 Å². The molecule has 1 unspecified atom stereocenters. The molecule has 1 saturated heterocycles. The summed E-state index contributed by atoms with van der Waals surface area (Å²) in [6.07, 6.45) is -3.69. The fourth-order valence-electron chi connectivity index (χ4n) is 2.91. The molecule has 24 heavy (non-hydrogen) atoms. The van der Waals surface area contributed by atoms with Crippen molar-refractivity contribution in [2.75, 3.05) is 6.54 Å². The Labute approximate surface area is 136 Å². The van der Waals surface area contributed by atoms with Crippen molar-refractivity contribution in [3.05, 3.63) is 39.4 Å². The number of aliphatic hydroxyl groups is 1. The number of likely N-dealkylation sites (tertiary alicyclic amines) is 1. The normalized spacial score (nSPS) is 18.8. The molecule has 0 bridgehead atoms. The van der Waals surface area contributed by atoms with E-state index in [0.29, 0.717) is 25.0 Å². The Morgan fingerprint density at radius 3 is 2.46 bits per heavy atom. The molecule has 1 N–H and O–H groups in total. The van der Waals surface area contributed by atoms with Crippen molar-refractivity contribution in [2.24, 2.45) is 0 Å². The molecule has 1 heterocycles. The minimum atomic E-state index is -4.80. The number of hydrogen-bond donors (Lipinski definition) is 1. The van der Waals surface area contributed by atoms with Gasteiger partial charge in [-0.3, -0.25) is 14.9 Å². The molecule has 1 amide bonds. The summed E-state index contributed by atoms with van der Waals surface area (Å²) < 4.78 is 38.8. The topological polar surface area (TPSA) is 83.7 Å². The number of nitrogens with zero attached hydrogens (tertiary/aromatic N) is 2. The van der Waals surface area contributed by atoms with Crippen LogP contribution in [-0.4, -0.2) is 39.0 Å². The number of benzene rings is 1. The number of amides is 1. The molecule has 0 spiro atoms. The number of non-ortho nitro benzene ring substituents is 1. The summed E-state index contributed by atoms with van der Waals surface area (Å²) in [6.45, 7) is 3.30. The highest BCUT2D eigenvalue weighted by Crippen LogP contribution is 2.34. The Hall–Kier alpha value is -2.16. The summed E-state index contributed by atoms with van der Waals surface area (Å²) in [7, 11) is 0. The summed E-state index contributed by atoms with van der Waals surface area (Å²) in [5.41, 5.74) is -3.68. The third-order valence-electron chi connectivity index (χ3n) is 4.03. The molecule has 1 aliphatic rings. The predicted molar refractivity (Wildman–Crippen MR) is 78.5 cm³/mol. The van der Waals surface area contributed by atoms with Crippen LogP contribution in [-0.2, 0) is 6.18 Å². The van der Waals surface area contributed by atoms with Crippen LogP contribution in [0.5, 0.6) is 0 Å². The van der Waals surface area contributed by atoms with Gasteiger partial charge in [0.2, 0.25) is 0 Å². The summed E-state index contributed by atoms with van der Waals surface area (Å²) >= 11 is 0. The number of carbonyl (C=O) groups is 1. The molecule has 6 nitrogen and oxygen atoms in total. The first kappa shape index (κ1) is 18.2. The average Bonchev–Trinajstić information content (AvgIpc) is 2.94. The van der Waals surface area contributed by atoms with Gasteiger partial charge in [-0.2, -0.15) is 13.2 Å². The van der Waals surface area contributed by atoms with E-state index in [9.17, 15) is 33.2 Å². The quantitative estimate of drug-likeness (QED) is 0.674. The van der Waals surface area contributed by atoms with Crippen LogP contribution in [0.25, 0.3) is 0 Å². The summed E-state index contributed by atoms with van der Waals surface area (Å²) in [5, 5.41) is 21.0. The van der Waals surface area contributed by atoms with Crippen LogP contribution in [0, 0.1) is 10.1 Å². The highest BCUT2D eigenvalue weighted by atomic mass is 19.4. The van der Waals surface area contributed by atoms with Gasteiger partial charge >= 0.3 is 6.18 Å². The zero-order chi connectivity index (χ0) is 18.3. The largest absolute Gasteiger partial charge is 0.416 e. The first-order valence-corrected chi connectivity index (χ1v) is 7.31. The Morgan fingerprint density at radius 2 is 1.96 bits per heavy atom. The maximum atomic E-state index is 12.9. The molecular formula is C15H17F3N2O4. The fourth-order valence-corrected chi connectivity index (χ4v) is 2.91. The smallest absolute Gasteiger partial charge is 0.388 e. The average molecular weight is 346 g/mol. The maximum Gasteiger partial charge on any atom is 0.416 e. The van der Waals surface area contributed by atoms with Crippen LogP contribution >= 0.6 is 0 Å². The molecule has 2 rings (SSSR count). The third-order valence-corrected chi connectivity index (χ3v) is 4.03. The lowest BCUT2D eigenvalue weighted by Crippen LogP contribution is -2.48. The molecule has 1 fully saturated rings. The zero-order valence-electron chi connectivity index (χ0n) is 13.1. The van der Waals surface area contributed by atoms with Crippen LogP contribution in [0.15, 0.2) is 18.2 Å². The number of alkyl halides is 3. The monoisotopic (exact) mass is 346 g/mol. The van der Waals surface area contributed by atoms with Crippen molar-refractivity contribution in [3.8, 4) is 0 Å². The second-order valence-corrected chi connectivity index (χ2v) is 6.33. The van der Waals surface area contributed by atoms with Crippen molar-refractivity contribution >= 4 is 11.6 Å². The second kappa shape index (κ2) is 6.04. The van der Waals surface area contributed by atoms with E-state index in [1.54, 1.807) is 0 Å². The number of carbonyl (C=O) groups excluding carboxylic acids is 1. The van der Waals surface area contributed by atoms with Gasteiger partial charge < -0.3 is 10.0 Å². The highest BCUT2D eigenvalue weighted by molar-refractivity contribution is 5.95. The molecule has 0 radical (unpaired) electrons. The lowest BCUT2D eigenvalue weighted by atomic mass is 9.96. The molecule has 0 aromatic heterocycles. The standard InChI is InChI=1S/C15H17F3N2O4/c1-14(2,22)12-4-3-5-19(12)13(21)9-6-10(15(16,17)18)8-11(7-9)20(23)24/h6-8,12,22H,3-5H2,1-2H3. The summed E-state index contributed by atoms with van der Waals surface area (Å²) in [5.74, 6) is -0.756. The van der Waals surface area contributed by atoms with Gasteiger partial charge in [0.15, 0.2) is 0 Å². The molecule has 0 aliphatic carbocycles. The molecule has 1 aromatic carbocycles. The van der Waals surface area contributed by atoms with E-state index in [2.05, 4.69) is 0 Å². The second-order valence-electron chi connectivity index (χ2n) is 6.33. The zero-order valence-corrected chi connectivity index (χ0v) is 13.1. The summed E-state index contributed by atoms with van der Waals surface area (Å²) in [6, 6.07) is 1.28. The Balaban J connectivity index is 2.45. The number of nitro benzene ring substituents is 1. The van der Waals surface area contributed by atoms with Gasteiger partial charge in [0.05, 0.1) is 22.1 Å². The Kier molecular flexibility index (Phi) is 4.58. The van der Waals surface area contributed by atoms with Crippen LogP contribution in [0.2, 0.25) is 0 Å². The van der Waals surface area contributed by atoms with Gasteiger partial charge in [-0.1, -0.05) is 0 Å². The first-order chi connectivity index (χ1) is 10.9. The van der Waals surface area contributed by atoms with E-state index in [-0.39, 0.29) is 6.54 Å². The van der Waals surface area contributed by atoms with Crippen molar-refractivity contribution < 1.29 is 28.0 Å². The van der Waals surface area contributed by atoms with E-state index in [4.69, 9.17) is 0 Å². The molecular weight excluding hydrogens is 329 g/mol. The van der Waals surface area contributed by atoms with E-state index < -0.39 is 45.5 Å². The maximum absolute atomic E-state index is 12.9. The fraction of sp³-hybridized carbons (Fsp3) is 0.533. The number of nitro groups is 1. The number of hydrogen-bond acceptors (Lipinski definition) is 4. The summed E-state index contributed by atoms with van der Waals surface area (Å²) in [4.78, 5) is 23.8. The minimum absolute atomic E-state index is 0.275. The SMILES string of the molecule is CC(C)(O)C1CCCN1C(=O)c1cc([N+](=O)[O-])cc(C(F)(F)F)c1. The molecule has 1 aliphatic heterocycles. The Morgan fingerprint density at radius 1 is 1.33 bits per heavy atom. The Bertz CT molecular complexity index is 668. The number of halogens is 3. The van der Waals surface area contributed by atoms with Crippen molar-refractivity contribution in [1.29, 1.82) is 0 Å². The molecule has 1 atom stereocenters. The lowest BCUT2D eigenvalue weighted by Gasteiger charge is -2.33. The van der Waals surface area contributed by atoms with Gasteiger partial charge in [0.1, 0.15) is 0 Å². The van der Waals surface area contributed by atoms with Crippen molar-refractivity contribution in [1.82, 2.24) is 4.90 Å². The van der Waals surface area contributed by atoms with Crippen LogP contribution in [0.3, 0.4) is 0 Å². The predicted octanol–water partition coefficient (Wildman–Crippen LogP) is 2.99. The molecule has 0 saturated carbocycles. The van der Waals surface area contributed by atoms with Gasteiger partial charge in [0.25, 0.3) is 11.6 Å². The molecule has 132 valence electrons. The third kappa shape index (κ3) is 3.66. The van der Waals surface area contributed by atoms with E-state index in [1.165, 1.54) is 18.7 Å².